The van der Waals surface area contributed by atoms with Gasteiger partial charge in [0.15, 0.2) is 0 Å². The predicted octanol–water partition coefficient (Wildman–Crippen LogP) is 1.44. The van der Waals surface area contributed by atoms with Crippen molar-refractivity contribution >= 4 is 17.7 Å². The van der Waals surface area contributed by atoms with Crippen molar-refractivity contribution in [3.63, 3.8) is 0 Å². The number of nitrogens with zero attached hydrogens (tertiary/aromatic N) is 7. The van der Waals surface area contributed by atoms with Gasteiger partial charge in [0.25, 0.3) is 0 Å². The third-order valence-electron chi connectivity index (χ3n) is 4.11. The van der Waals surface area contributed by atoms with E-state index in [2.05, 4.69) is 43.5 Å². The highest BCUT2D eigenvalue weighted by Gasteiger charge is 2.21. The molecule has 0 N–H and O–H groups in total. The first-order valence-electron chi connectivity index (χ1n) is 8.16. The minimum Gasteiger partial charge on any atom is -0.357 e. The standard InChI is InChI=1S/C16H23N7/c1-3-21(4-2)14-6-9-19-16(20-14)23-12-10-22(11-13-23)15-17-7-5-8-18-15/h5-9H,3-4,10-13H2,1-2H3. The van der Waals surface area contributed by atoms with Gasteiger partial charge in [-0.25, -0.2) is 15.0 Å². The van der Waals surface area contributed by atoms with Gasteiger partial charge in [-0.1, -0.05) is 0 Å². The van der Waals surface area contributed by atoms with Gasteiger partial charge in [-0.15, -0.1) is 0 Å². The van der Waals surface area contributed by atoms with Crippen molar-refractivity contribution in [3.8, 4) is 0 Å². The van der Waals surface area contributed by atoms with Crippen molar-refractivity contribution in [2.75, 3.05) is 54.0 Å². The molecule has 0 spiro atoms. The van der Waals surface area contributed by atoms with Crippen LogP contribution in [0.15, 0.2) is 30.7 Å². The molecule has 0 amide bonds. The number of hydrogen-bond donors (Lipinski definition) is 0. The summed E-state index contributed by atoms with van der Waals surface area (Å²) in [6.07, 6.45) is 5.42. The first-order chi connectivity index (χ1) is 11.3. The molecule has 0 aliphatic carbocycles. The normalized spacial score (nSPS) is 14.9. The Labute approximate surface area is 137 Å². The molecule has 0 saturated carbocycles. The average molecular weight is 313 g/mol. The molecular formula is C16H23N7. The predicted molar refractivity (Wildman–Crippen MR) is 92.1 cm³/mol. The Hall–Kier alpha value is -2.44. The minimum atomic E-state index is 0.796. The maximum atomic E-state index is 4.73. The molecule has 7 heteroatoms. The molecule has 0 unspecified atom stereocenters. The summed E-state index contributed by atoms with van der Waals surface area (Å²) in [6.45, 7) is 9.69. The van der Waals surface area contributed by atoms with Gasteiger partial charge < -0.3 is 14.7 Å². The highest BCUT2D eigenvalue weighted by atomic mass is 15.4. The molecule has 1 fully saturated rings. The van der Waals surface area contributed by atoms with Crippen molar-refractivity contribution in [1.29, 1.82) is 0 Å². The second-order valence-electron chi connectivity index (χ2n) is 5.41. The summed E-state index contributed by atoms with van der Waals surface area (Å²) in [6, 6.07) is 3.82. The van der Waals surface area contributed by atoms with Gasteiger partial charge in [-0.3, -0.25) is 0 Å². The third-order valence-corrected chi connectivity index (χ3v) is 4.11. The van der Waals surface area contributed by atoms with Gasteiger partial charge in [-0.2, -0.15) is 4.98 Å². The van der Waals surface area contributed by atoms with Gasteiger partial charge >= 0.3 is 0 Å². The average Bonchev–Trinajstić information content (AvgIpc) is 2.64. The largest absolute Gasteiger partial charge is 0.357 e. The molecule has 7 nitrogen and oxygen atoms in total. The Morgan fingerprint density at radius 3 is 2.04 bits per heavy atom. The van der Waals surface area contributed by atoms with Crippen molar-refractivity contribution < 1.29 is 0 Å². The smallest absolute Gasteiger partial charge is 0.227 e. The molecule has 23 heavy (non-hydrogen) atoms. The van der Waals surface area contributed by atoms with E-state index < -0.39 is 0 Å². The molecule has 1 aliphatic heterocycles. The van der Waals surface area contributed by atoms with E-state index in [1.165, 1.54) is 0 Å². The molecule has 3 rings (SSSR count). The van der Waals surface area contributed by atoms with Crippen molar-refractivity contribution in [2.45, 2.75) is 13.8 Å². The first kappa shape index (κ1) is 15.5. The SMILES string of the molecule is CCN(CC)c1ccnc(N2CCN(c3ncccn3)CC2)n1. The van der Waals surface area contributed by atoms with Crippen LogP contribution < -0.4 is 14.7 Å². The van der Waals surface area contributed by atoms with E-state index in [1.807, 2.05) is 18.3 Å². The Morgan fingerprint density at radius 1 is 0.870 bits per heavy atom. The lowest BCUT2D eigenvalue weighted by Crippen LogP contribution is -2.47. The Balaban J connectivity index is 1.67. The second kappa shape index (κ2) is 7.21. The van der Waals surface area contributed by atoms with Crippen LogP contribution in [0.25, 0.3) is 0 Å². The molecule has 0 radical (unpaired) electrons. The molecule has 0 aromatic carbocycles. The Morgan fingerprint density at radius 2 is 1.43 bits per heavy atom. The zero-order valence-corrected chi connectivity index (χ0v) is 13.8. The fourth-order valence-corrected chi connectivity index (χ4v) is 2.78. The quantitative estimate of drug-likeness (QED) is 0.827. The van der Waals surface area contributed by atoms with Gasteiger partial charge in [0.05, 0.1) is 0 Å². The van der Waals surface area contributed by atoms with Gasteiger partial charge in [0, 0.05) is 57.9 Å². The summed E-state index contributed by atoms with van der Waals surface area (Å²) in [7, 11) is 0. The number of rotatable bonds is 5. The lowest BCUT2D eigenvalue weighted by molar-refractivity contribution is 0.627. The van der Waals surface area contributed by atoms with Crippen LogP contribution in [0.5, 0.6) is 0 Å². The zero-order valence-electron chi connectivity index (χ0n) is 13.8. The summed E-state index contributed by atoms with van der Waals surface area (Å²) >= 11 is 0. The Kier molecular flexibility index (Phi) is 4.85. The van der Waals surface area contributed by atoms with Crippen molar-refractivity contribution in [1.82, 2.24) is 19.9 Å². The maximum absolute atomic E-state index is 4.73. The van der Waals surface area contributed by atoms with Gasteiger partial charge in [0.1, 0.15) is 5.82 Å². The van der Waals surface area contributed by atoms with Crippen LogP contribution in [0.1, 0.15) is 13.8 Å². The van der Waals surface area contributed by atoms with E-state index in [1.54, 1.807) is 12.4 Å². The molecule has 1 aliphatic rings. The number of aromatic nitrogens is 4. The van der Waals surface area contributed by atoms with Crippen LogP contribution in [0.4, 0.5) is 17.7 Å². The fourth-order valence-electron chi connectivity index (χ4n) is 2.78. The topological polar surface area (TPSA) is 61.3 Å². The van der Waals surface area contributed by atoms with Crippen LogP contribution >= 0.6 is 0 Å². The molecule has 2 aromatic heterocycles. The lowest BCUT2D eigenvalue weighted by Gasteiger charge is -2.35. The third kappa shape index (κ3) is 3.49. The molecule has 0 bridgehead atoms. The van der Waals surface area contributed by atoms with Gasteiger partial charge in [0.2, 0.25) is 11.9 Å². The zero-order chi connectivity index (χ0) is 16.1. The van der Waals surface area contributed by atoms with Crippen LogP contribution in [-0.4, -0.2) is 59.2 Å². The van der Waals surface area contributed by atoms with E-state index in [-0.39, 0.29) is 0 Å². The highest BCUT2D eigenvalue weighted by molar-refractivity contribution is 5.45. The molecule has 0 atom stereocenters. The van der Waals surface area contributed by atoms with E-state index in [4.69, 9.17) is 4.98 Å². The number of piperazine rings is 1. The van der Waals surface area contributed by atoms with E-state index in [9.17, 15) is 0 Å². The van der Waals surface area contributed by atoms with E-state index >= 15 is 0 Å². The van der Waals surface area contributed by atoms with E-state index in [0.29, 0.717) is 0 Å². The second-order valence-corrected chi connectivity index (χ2v) is 5.41. The first-order valence-corrected chi connectivity index (χ1v) is 8.16. The van der Waals surface area contributed by atoms with Crippen LogP contribution in [0.3, 0.4) is 0 Å². The minimum absolute atomic E-state index is 0.796. The molecule has 1 saturated heterocycles. The summed E-state index contributed by atoms with van der Waals surface area (Å²) in [5, 5.41) is 0. The highest BCUT2D eigenvalue weighted by Crippen LogP contribution is 2.17. The Bertz CT molecular complexity index is 607. The summed E-state index contributed by atoms with van der Waals surface area (Å²) in [4.78, 5) is 24.5. The monoisotopic (exact) mass is 313 g/mol. The van der Waals surface area contributed by atoms with Crippen molar-refractivity contribution in [3.05, 3.63) is 30.7 Å². The van der Waals surface area contributed by atoms with Crippen molar-refractivity contribution in [2.24, 2.45) is 0 Å². The van der Waals surface area contributed by atoms with Gasteiger partial charge in [-0.05, 0) is 26.0 Å². The summed E-state index contributed by atoms with van der Waals surface area (Å²) in [5.41, 5.74) is 0. The summed E-state index contributed by atoms with van der Waals surface area (Å²) < 4.78 is 0. The maximum Gasteiger partial charge on any atom is 0.227 e. The number of anilines is 3. The molecule has 122 valence electrons. The van der Waals surface area contributed by atoms with Crippen LogP contribution in [0, 0.1) is 0 Å². The molecular weight excluding hydrogens is 290 g/mol. The van der Waals surface area contributed by atoms with E-state index in [0.717, 1.165) is 57.0 Å². The fraction of sp³-hybridized carbons (Fsp3) is 0.500. The molecule has 3 heterocycles. The molecule has 2 aromatic rings. The number of hydrogen-bond acceptors (Lipinski definition) is 7. The van der Waals surface area contributed by atoms with Crippen LogP contribution in [0.2, 0.25) is 0 Å². The van der Waals surface area contributed by atoms with Crippen LogP contribution in [-0.2, 0) is 0 Å². The summed E-state index contributed by atoms with van der Waals surface area (Å²) in [5.74, 6) is 2.60. The lowest BCUT2D eigenvalue weighted by atomic mass is 10.3.